The maximum atomic E-state index is 13.5. The smallest absolute Gasteiger partial charge is 0.338 e. The van der Waals surface area contributed by atoms with Crippen LogP contribution in [0, 0.1) is 22.9 Å². The monoisotopic (exact) mass is 292 g/mol. The molecule has 0 atom stereocenters. The second-order valence-corrected chi connectivity index (χ2v) is 4.12. The predicted octanol–water partition coefficient (Wildman–Crippen LogP) is 2.93. The highest BCUT2D eigenvalue weighted by atomic mass is 19.1. The lowest BCUT2D eigenvalue weighted by Crippen LogP contribution is -2.00. The maximum Gasteiger partial charge on any atom is 0.338 e. The number of aryl methyl sites for hydroxylation is 1. The first kappa shape index (κ1) is 14.4. The van der Waals surface area contributed by atoms with E-state index in [1.165, 1.54) is 19.1 Å². The van der Waals surface area contributed by atoms with Crippen molar-refractivity contribution in [3.05, 3.63) is 57.5 Å². The number of carboxylic acid groups (broad SMARTS) is 1. The number of carboxylic acids is 1. The molecular weight excluding hydrogens is 283 g/mol. The second kappa shape index (κ2) is 5.53. The number of hydrogen-bond acceptors (Lipinski definition) is 5. The van der Waals surface area contributed by atoms with E-state index in [-0.39, 0.29) is 17.3 Å². The summed E-state index contributed by atoms with van der Waals surface area (Å²) in [5.41, 5.74) is -0.294. The number of aromatic nitrogens is 1. The first-order valence-electron chi connectivity index (χ1n) is 5.70. The van der Waals surface area contributed by atoms with Gasteiger partial charge >= 0.3 is 5.97 Å². The number of ether oxygens (including phenoxy) is 1. The normalized spacial score (nSPS) is 10.2. The highest BCUT2D eigenvalue weighted by molar-refractivity contribution is 5.88. The average molecular weight is 292 g/mol. The van der Waals surface area contributed by atoms with Gasteiger partial charge in [0.1, 0.15) is 17.8 Å². The van der Waals surface area contributed by atoms with Crippen molar-refractivity contribution in [1.29, 1.82) is 0 Å². The highest BCUT2D eigenvalue weighted by Crippen LogP contribution is 2.25. The van der Waals surface area contributed by atoms with Gasteiger partial charge in [0.15, 0.2) is 0 Å². The summed E-state index contributed by atoms with van der Waals surface area (Å²) < 4.78 is 18.7. The Morgan fingerprint density at radius 1 is 1.43 bits per heavy atom. The molecule has 0 fully saturated rings. The molecule has 0 saturated carbocycles. The molecule has 1 N–H and O–H groups in total. The number of rotatable bonds is 4. The molecule has 1 aromatic heterocycles. The molecule has 0 aliphatic heterocycles. The zero-order valence-electron chi connectivity index (χ0n) is 10.7. The Labute approximate surface area is 117 Å². The molecule has 0 saturated heterocycles. The van der Waals surface area contributed by atoms with Crippen LogP contribution >= 0.6 is 0 Å². The summed E-state index contributed by atoms with van der Waals surface area (Å²) in [6.45, 7) is 1.51. The van der Waals surface area contributed by atoms with Gasteiger partial charge in [-0.2, -0.15) is 0 Å². The number of hydrogen-bond donors (Lipinski definition) is 1. The first-order valence-corrected chi connectivity index (χ1v) is 5.70. The van der Waals surface area contributed by atoms with Crippen molar-refractivity contribution in [2.45, 2.75) is 6.92 Å². The lowest BCUT2D eigenvalue weighted by molar-refractivity contribution is -0.385. The van der Waals surface area contributed by atoms with Crippen LogP contribution in [0.1, 0.15) is 15.9 Å². The molecule has 0 unspecified atom stereocenters. The zero-order valence-corrected chi connectivity index (χ0v) is 10.7. The molecule has 0 radical (unpaired) electrons. The SMILES string of the molecule is Cc1cc(Oc2ccc(C(=O)O)c(F)c2)ncc1[N+](=O)[O-]. The molecule has 0 bridgehead atoms. The van der Waals surface area contributed by atoms with E-state index in [1.807, 2.05) is 0 Å². The van der Waals surface area contributed by atoms with Crippen molar-refractivity contribution in [2.75, 3.05) is 0 Å². The quantitative estimate of drug-likeness (QED) is 0.686. The Balaban J connectivity index is 2.26. The third kappa shape index (κ3) is 3.11. The van der Waals surface area contributed by atoms with Crippen LogP contribution in [0.3, 0.4) is 0 Å². The Hall–Kier alpha value is -3.03. The Morgan fingerprint density at radius 2 is 2.14 bits per heavy atom. The van der Waals surface area contributed by atoms with Gasteiger partial charge in [0.05, 0.1) is 10.5 Å². The van der Waals surface area contributed by atoms with Crippen LogP contribution in [-0.2, 0) is 0 Å². The van der Waals surface area contributed by atoms with Crippen molar-refractivity contribution in [3.8, 4) is 11.6 Å². The van der Waals surface area contributed by atoms with E-state index in [9.17, 15) is 19.3 Å². The van der Waals surface area contributed by atoms with Gasteiger partial charge in [-0.15, -0.1) is 0 Å². The molecule has 0 amide bonds. The number of aromatic carboxylic acids is 1. The molecule has 2 rings (SSSR count). The van der Waals surface area contributed by atoms with Gasteiger partial charge < -0.3 is 9.84 Å². The van der Waals surface area contributed by atoms with Crippen LogP contribution in [-0.4, -0.2) is 21.0 Å². The number of nitro groups is 1. The summed E-state index contributed by atoms with van der Waals surface area (Å²) >= 11 is 0. The number of nitrogens with zero attached hydrogens (tertiary/aromatic N) is 2. The van der Waals surface area contributed by atoms with Crippen molar-refractivity contribution < 1.29 is 24.0 Å². The highest BCUT2D eigenvalue weighted by Gasteiger charge is 2.14. The number of carbonyl (C=O) groups is 1. The van der Waals surface area contributed by atoms with Crippen molar-refractivity contribution >= 4 is 11.7 Å². The summed E-state index contributed by atoms with van der Waals surface area (Å²) in [5.74, 6) is -2.25. The lowest BCUT2D eigenvalue weighted by atomic mass is 10.2. The fraction of sp³-hybridized carbons (Fsp3) is 0.0769. The molecular formula is C13H9FN2O5. The molecule has 1 heterocycles. The number of benzene rings is 1. The minimum absolute atomic E-state index is 0.0400. The summed E-state index contributed by atoms with van der Waals surface area (Å²) in [5, 5.41) is 19.4. The largest absolute Gasteiger partial charge is 0.478 e. The minimum Gasteiger partial charge on any atom is -0.478 e. The number of halogens is 1. The number of pyridine rings is 1. The van der Waals surface area contributed by atoms with Crippen molar-refractivity contribution in [2.24, 2.45) is 0 Å². The molecule has 21 heavy (non-hydrogen) atoms. The van der Waals surface area contributed by atoms with Gasteiger partial charge in [-0.3, -0.25) is 10.1 Å². The molecule has 0 spiro atoms. The average Bonchev–Trinajstić information content (AvgIpc) is 2.37. The summed E-state index contributed by atoms with van der Waals surface area (Å²) in [6, 6.07) is 4.57. The van der Waals surface area contributed by atoms with Crippen molar-refractivity contribution in [1.82, 2.24) is 4.98 Å². The van der Waals surface area contributed by atoms with Gasteiger partial charge in [0.25, 0.3) is 5.69 Å². The third-order valence-corrected chi connectivity index (χ3v) is 2.65. The Bertz CT molecular complexity index is 671. The molecule has 8 heteroatoms. The van der Waals surface area contributed by atoms with Crippen LogP contribution in [0.15, 0.2) is 30.5 Å². The van der Waals surface area contributed by atoms with Crippen LogP contribution in [0.25, 0.3) is 0 Å². The van der Waals surface area contributed by atoms with Gasteiger partial charge in [-0.1, -0.05) is 0 Å². The van der Waals surface area contributed by atoms with E-state index >= 15 is 0 Å². The second-order valence-electron chi connectivity index (χ2n) is 4.12. The van der Waals surface area contributed by atoms with E-state index in [2.05, 4.69) is 4.98 Å². The lowest BCUT2D eigenvalue weighted by Gasteiger charge is -2.06. The Morgan fingerprint density at radius 3 is 2.67 bits per heavy atom. The van der Waals surface area contributed by atoms with Gasteiger partial charge in [0.2, 0.25) is 5.88 Å². The summed E-state index contributed by atoms with van der Waals surface area (Å²) in [6.07, 6.45) is 1.03. The minimum atomic E-state index is -1.39. The topological polar surface area (TPSA) is 103 Å². The molecule has 0 aliphatic carbocycles. The summed E-state index contributed by atoms with van der Waals surface area (Å²) in [7, 11) is 0. The van der Waals surface area contributed by atoms with Crippen LogP contribution in [0.4, 0.5) is 10.1 Å². The maximum absolute atomic E-state index is 13.5. The van der Waals surface area contributed by atoms with E-state index in [0.29, 0.717) is 5.56 Å². The fourth-order valence-corrected chi connectivity index (χ4v) is 1.62. The summed E-state index contributed by atoms with van der Waals surface area (Å²) in [4.78, 5) is 24.5. The van der Waals surface area contributed by atoms with E-state index in [4.69, 9.17) is 9.84 Å². The van der Waals surface area contributed by atoms with E-state index in [0.717, 1.165) is 18.3 Å². The fourth-order valence-electron chi connectivity index (χ4n) is 1.62. The van der Waals surface area contributed by atoms with Crippen molar-refractivity contribution in [3.63, 3.8) is 0 Å². The standard InChI is InChI=1S/C13H9FN2O5/c1-7-4-12(15-6-11(7)16(19)20)21-8-2-3-9(13(17)18)10(14)5-8/h2-6H,1H3,(H,17,18). The third-order valence-electron chi connectivity index (χ3n) is 2.65. The molecule has 0 aliphatic rings. The molecule has 1 aromatic carbocycles. The molecule has 7 nitrogen and oxygen atoms in total. The Kier molecular flexibility index (Phi) is 3.79. The first-order chi connectivity index (χ1) is 9.88. The zero-order chi connectivity index (χ0) is 15.6. The molecule has 2 aromatic rings. The van der Waals surface area contributed by atoms with Gasteiger partial charge in [0, 0.05) is 17.7 Å². The predicted molar refractivity (Wildman–Crippen MR) is 69.1 cm³/mol. The van der Waals surface area contributed by atoms with Crippen LogP contribution < -0.4 is 4.74 Å². The van der Waals surface area contributed by atoms with E-state index < -0.39 is 22.3 Å². The van der Waals surface area contributed by atoms with Crippen LogP contribution in [0.2, 0.25) is 0 Å². The van der Waals surface area contributed by atoms with E-state index in [1.54, 1.807) is 0 Å². The van der Waals surface area contributed by atoms with Crippen LogP contribution in [0.5, 0.6) is 11.6 Å². The molecule has 108 valence electrons. The van der Waals surface area contributed by atoms with Gasteiger partial charge in [-0.25, -0.2) is 14.2 Å². The van der Waals surface area contributed by atoms with Gasteiger partial charge in [-0.05, 0) is 19.1 Å².